The van der Waals surface area contributed by atoms with Gasteiger partial charge in [0.05, 0.1) is 6.54 Å². The minimum absolute atomic E-state index is 0.0490. The van der Waals surface area contributed by atoms with Crippen LogP contribution in [-0.2, 0) is 22.7 Å². The summed E-state index contributed by atoms with van der Waals surface area (Å²) >= 11 is 0. The van der Waals surface area contributed by atoms with E-state index in [9.17, 15) is 18.8 Å². The van der Waals surface area contributed by atoms with Crippen molar-refractivity contribution in [2.75, 3.05) is 17.2 Å². The van der Waals surface area contributed by atoms with E-state index in [1.54, 1.807) is 19.1 Å². The lowest BCUT2D eigenvalue weighted by Gasteiger charge is -2.29. The van der Waals surface area contributed by atoms with Crippen molar-refractivity contribution in [1.82, 2.24) is 15.0 Å². The van der Waals surface area contributed by atoms with E-state index >= 15 is 0 Å². The average Bonchev–Trinajstić information content (AvgIpc) is 3.21. The number of anilines is 2. The molecule has 2 atom stereocenters. The van der Waals surface area contributed by atoms with Gasteiger partial charge in [-0.3, -0.25) is 19.4 Å². The van der Waals surface area contributed by atoms with Crippen LogP contribution in [0.2, 0.25) is 0 Å². The number of halogens is 1. The molecule has 1 aliphatic rings. The lowest BCUT2D eigenvalue weighted by Crippen LogP contribution is -2.43. The van der Waals surface area contributed by atoms with Crippen LogP contribution in [0.25, 0.3) is 0 Å². The van der Waals surface area contributed by atoms with E-state index in [0.717, 1.165) is 29.1 Å². The van der Waals surface area contributed by atoms with Gasteiger partial charge in [-0.2, -0.15) is 0 Å². The van der Waals surface area contributed by atoms with Crippen LogP contribution >= 0.6 is 0 Å². The van der Waals surface area contributed by atoms with Crippen LogP contribution in [0.3, 0.4) is 0 Å². The Bertz CT molecular complexity index is 1310. The molecule has 9 nitrogen and oxygen atoms in total. The molecule has 2 heterocycles. The smallest absolute Gasteiger partial charge is 0.328 e. The first-order chi connectivity index (χ1) is 18.7. The van der Waals surface area contributed by atoms with Crippen molar-refractivity contribution >= 4 is 29.2 Å². The molecule has 0 aliphatic carbocycles. The predicted molar refractivity (Wildman–Crippen MR) is 145 cm³/mol. The molecule has 10 heteroatoms. The molecule has 4 amide bonds. The van der Waals surface area contributed by atoms with Crippen molar-refractivity contribution in [1.29, 1.82) is 0 Å². The second kappa shape index (κ2) is 12.7. The van der Waals surface area contributed by atoms with Crippen molar-refractivity contribution in [3.05, 3.63) is 77.4 Å². The number of hydrogen-bond acceptors (Lipinski definition) is 6. The zero-order chi connectivity index (χ0) is 27.9. The highest BCUT2D eigenvalue weighted by atomic mass is 19.1. The summed E-state index contributed by atoms with van der Waals surface area (Å²) in [5.41, 5.74) is 2.58. The monoisotopic (exact) mass is 535 g/mol. The van der Waals surface area contributed by atoms with E-state index in [1.807, 2.05) is 24.3 Å². The molecule has 1 saturated heterocycles. The van der Waals surface area contributed by atoms with E-state index in [4.69, 9.17) is 4.52 Å². The molecule has 0 saturated carbocycles. The number of benzene rings is 2. The molecule has 39 heavy (non-hydrogen) atoms. The molecular formula is C29H34FN5O4. The Labute approximate surface area is 227 Å². The first-order valence-corrected chi connectivity index (χ1v) is 13.1. The average molecular weight is 536 g/mol. The Balaban J connectivity index is 1.45. The molecular weight excluding hydrogens is 501 g/mol. The molecule has 0 radical (unpaired) electrons. The van der Waals surface area contributed by atoms with Gasteiger partial charge in [0.2, 0.25) is 11.8 Å². The number of carbonyl (C=O) groups excluding carboxylic acids is 3. The Hall–Kier alpha value is -4.05. The summed E-state index contributed by atoms with van der Waals surface area (Å²) in [7, 11) is 0. The SMILES string of the molecule is CC(=O)Nc1ccc(CN2CCCC(C(=O)N(Cc3cc(C)on3)C(=O)Nc3cccc(F)c3)C[C@@H]2C)cc1. The van der Waals surface area contributed by atoms with E-state index in [2.05, 4.69) is 27.6 Å². The minimum atomic E-state index is -0.640. The molecule has 0 bridgehead atoms. The Kier molecular flexibility index (Phi) is 9.08. The van der Waals surface area contributed by atoms with E-state index in [-0.39, 0.29) is 36.0 Å². The minimum Gasteiger partial charge on any atom is -0.361 e. The number of hydrogen-bond donors (Lipinski definition) is 2. The largest absolute Gasteiger partial charge is 0.361 e. The van der Waals surface area contributed by atoms with Gasteiger partial charge in [-0.05, 0) is 75.5 Å². The van der Waals surface area contributed by atoms with Crippen LogP contribution < -0.4 is 10.6 Å². The fraction of sp³-hybridized carbons (Fsp3) is 0.379. The van der Waals surface area contributed by atoms with Gasteiger partial charge in [0, 0.05) is 42.9 Å². The molecule has 1 unspecified atom stereocenters. The van der Waals surface area contributed by atoms with Crippen LogP contribution in [0.1, 0.15) is 50.1 Å². The molecule has 0 spiro atoms. The van der Waals surface area contributed by atoms with E-state index in [0.29, 0.717) is 30.8 Å². The third kappa shape index (κ3) is 7.73. The molecule has 2 N–H and O–H groups in total. The highest BCUT2D eigenvalue weighted by Crippen LogP contribution is 2.27. The third-order valence-corrected chi connectivity index (χ3v) is 6.84. The highest BCUT2D eigenvalue weighted by Gasteiger charge is 2.33. The summed E-state index contributed by atoms with van der Waals surface area (Å²) in [6, 6.07) is 14.4. The van der Waals surface area contributed by atoms with Crippen LogP contribution in [0.5, 0.6) is 0 Å². The molecule has 4 rings (SSSR count). The summed E-state index contributed by atoms with van der Waals surface area (Å²) in [5.74, 6) is -0.680. The van der Waals surface area contributed by atoms with Gasteiger partial charge in [0.1, 0.15) is 17.3 Å². The molecule has 1 aromatic heterocycles. The van der Waals surface area contributed by atoms with Crippen LogP contribution in [-0.4, -0.2) is 45.4 Å². The van der Waals surface area contributed by atoms with Gasteiger partial charge < -0.3 is 15.2 Å². The van der Waals surface area contributed by atoms with Gasteiger partial charge in [-0.15, -0.1) is 0 Å². The Morgan fingerprint density at radius 3 is 2.54 bits per heavy atom. The zero-order valence-electron chi connectivity index (χ0n) is 22.4. The fourth-order valence-electron chi connectivity index (χ4n) is 4.91. The van der Waals surface area contributed by atoms with Gasteiger partial charge in [0.25, 0.3) is 0 Å². The van der Waals surface area contributed by atoms with E-state index in [1.165, 1.54) is 25.1 Å². The second-order valence-electron chi connectivity index (χ2n) is 10.1. The summed E-state index contributed by atoms with van der Waals surface area (Å²) in [6.45, 7) is 6.79. The molecule has 206 valence electrons. The number of urea groups is 1. The maximum absolute atomic E-state index is 13.8. The van der Waals surface area contributed by atoms with Gasteiger partial charge in [0.15, 0.2) is 0 Å². The van der Waals surface area contributed by atoms with Crippen molar-refractivity contribution < 1.29 is 23.3 Å². The predicted octanol–water partition coefficient (Wildman–Crippen LogP) is 5.33. The van der Waals surface area contributed by atoms with E-state index < -0.39 is 11.8 Å². The van der Waals surface area contributed by atoms with Crippen molar-refractivity contribution in [3.63, 3.8) is 0 Å². The Morgan fingerprint density at radius 2 is 1.87 bits per heavy atom. The topological polar surface area (TPSA) is 108 Å². The normalized spacial score (nSPS) is 17.7. The van der Waals surface area contributed by atoms with Crippen LogP contribution in [0.4, 0.5) is 20.6 Å². The lowest BCUT2D eigenvalue weighted by molar-refractivity contribution is -0.133. The zero-order valence-corrected chi connectivity index (χ0v) is 22.4. The third-order valence-electron chi connectivity index (χ3n) is 6.84. The summed E-state index contributed by atoms with van der Waals surface area (Å²) in [4.78, 5) is 41.8. The number of imide groups is 1. The maximum atomic E-state index is 13.8. The standard InChI is InChI=1S/C29H34FN5O4/c1-19-14-23(6-5-13-34(19)17-22-9-11-25(12-10-22)31-21(3)36)28(37)35(18-27-15-20(2)39-33-27)29(38)32-26-8-4-7-24(30)16-26/h4,7-12,15-16,19,23H,5-6,13-14,17-18H2,1-3H3,(H,31,36)(H,32,38)/t19-,23?/m0/s1. The molecule has 3 aromatic rings. The van der Waals surface area contributed by atoms with Crippen LogP contribution in [0.15, 0.2) is 59.1 Å². The fourth-order valence-corrected chi connectivity index (χ4v) is 4.91. The maximum Gasteiger partial charge on any atom is 0.328 e. The number of nitrogens with one attached hydrogen (secondary N) is 2. The molecule has 2 aromatic carbocycles. The number of carbonyl (C=O) groups is 3. The first-order valence-electron chi connectivity index (χ1n) is 13.1. The second-order valence-corrected chi connectivity index (χ2v) is 10.1. The lowest BCUT2D eigenvalue weighted by atomic mass is 9.95. The van der Waals surface area contributed by atoms with Crippen LogP contribution in [0, 0.1) is 18.7 Å². The van der Waals surface area contributed by atoms with Crippen molar-refractivity contribution in [2.45, 2.75) is 59.2 Å². The van der Waals surface area contributed by atoms with Gasteiger partial charge in [-0.1, -0.05) is 23.4 Å². The number of rotatable bonds is 7. The number of amides is 4. The quantitative estimate of drug-likeness (QED) is 0.423. The summed E-state index contributed by atoms with van der Waals surface area (Å²) in [5, 5.41) is 9.38. The van der Waals surface area contributed by atoms with Gasteiger partial charge >= 0.3 is 6.03 Å². The first kappa shape index (κ1) is 28.0. The highest BCUT2D eigenvalue weighted by molar-refractivity contribution is 6.01. The number of aromatic nitrogens is 1. The number of nitrogens with zero attached hydrogens (tertiary/aromatic N) is 3. The van der Waals surface area contributed by atoms with Gasteiger partial charge in [-0.25, -0.2) is 9.18 Å². The van der Waals surface area contributed by atoms with Crippen molar-refractivity contribution in [2.24, 2.45) is 5.92 Å². The number of likely N-dealkylation sites (tertiary alicyclic amines) is 1. The summed E-state index contributed by atoms with van der Waals surface area (Å²) < 4.78 is 18.8. The van der Waals surface area contributed by atoms with Crippen molar-refractivity contribution in [3.8, 4) is 0 Å². The number of aryl methyl sites for hydroxylation is 1. The molecule has 1 fully saturated rings. The summed E-state index contributed by atoms with van der Waals surface area (Å²) in [6.07, 6.45) is 2.03. The Morgan fingerprint density at radius 1 is 1.10 bits per heavy atom. The molecule has 1 aliphatic heterocycles.